The van der Waals surface area contributed by atoms with Crippen LogP contribution in [0, 0.1) is 17.8 Å². The molecule has 1 aromatic rings. The number of aromatic hydroxyl groups is 1. The van der Waals surface area contributed by atoms with E-state index in [0.717, 1.165) is 17.5 Å². The van der Waals surface area contributed by atoms with Crippen LogP contribution in [0.5, 0.6) is 5.75 Å². The Bertz CT molecular complexity index is 600. The molecule has 3 atom stereocenters. The summed E-state index contributed by atoms with van der Waals surface area (Å²) in [7, 11) is 0. The van der Waals surface area contributed by atoms with Crippen LogP contribution in [0.25, 0.3) is 0 Å². The largest absolute Gasteiger partial charge is 0.507 e. The fourth-order valence-corrected chi connectivity index (χ4v) is 3.90. The van der Waals surface area contributed by atoms with Gasteiger partial charge < -0.3 is 5.11 Å². The maximum atomic E-state index is 12.0. The molecule has 2 N–H and O–H groups in total. The molecular formula is C16H19ClN2O2. The molecule has 0 aliphatic heterocycles. The van der Waals surface area contributed by atoms with Crippen molar-refractivity contribution >= 4 is 23.2 Å². The third-order valence-corrected chi connectivity index (χ3v) is 5.05. The van der Waals surface area contributed by atoms with E-state index in [1.165, 1.54) is 37.8 Å². The number of benzene rings is 1. The van der Waals surface area contributed by atoms with Crippen molar-refractivity contribution < 1.29 is 9.90 Å². The van der Waals surface area contributed by atoms with E-state index in [9.17, 15) is 9.90 Å². The van der Waals surface area contributed by atoms with Gasteiger partial charge in [0.05, 0.1) is 5.56 Å². The number of carbonyl (C=O) groups is 1. The number of fused-ring (bicyclic) bond motifs is 2. The summed E-state index contributed by atoms with van der Waals surface area (Å²) in [6.07, 6.45) is 5.14. The molecule has 5 heteroatoms. The Labute approximate surface area is 129 Å². The minimum Gasteiger partial charge on any atom is -0.507 e. The molecule has 112 valence electrons. The van der Waals surface area contributed by atoms with E-state index in [0.29, 0.717) is 10.9 Å². The van der Waals surface area contributed by atoms with Gasteiger partial charge in [-0.2, -0.15) is 5.10 Å². The van der Waals surface area contributed by atoms with Gasteiger partial charge in [-0.3, -0.25) is 4.79 Å². The highest BCUT2D eigenvalue weighted by atomic mass is 35.5. The molecule has 2 fully saturated rings. The number of halogens is 1. The zero-order chi connectivity index (χ0) is 15.0. The van der Waals surface area contributed by atoms with E-state index in [1.54, 1.807) is 6.07 Å². The summed E-state index contributed by atoms with van der Waals surface area (Å²) in [5.41, 5.74) is 3.72. The molecule has 0 radical (unpaired) electrons. The summed E-state index contributed by atoms with van der Waals surface area (Å²) >= 11 is 5.75. The van der Waals surface area contributed by atoms with E-state index in [1.807, 2.05) is 6.92 Å². The van der Waals surface area contributed by atoms with Crippen LogP contribution in [-0.2, 0) is 0 Å². The zero-order valence-electron chi connectivity index (χ0n) is 12.0. The fourth-order valence-electron chi connectivity index (χ4n) is 3.74. The Hall–Kier alpha value is -1.55. The van der Waals surface area contributed by atoms with Gasteiger partial charge in [0.15, 0.2) is 0 Å². The summed E-state index contributed by atoms with van der Waals surface area (Å²) in [6, 6.07) is 4.42. The highest BCUT2D eigenvalue weighted by Gasteiger charge is 2.40. The molecule has 1 aromatic carbocycles. The van der Waals surface area contributed by atoms with Crippen LogP contribution in [0.1, 0.15) is 43.0 Å². The first-order valence-electron chi connectivity index (χ1n) is 7.37. The Balaban J connectivity index is 1.66. The number of hydrazone groups is 1. The number of phenols is 1. The second kappa shape index (κ2) is 5.68. The van der Waals surface area contributed by atoms with Crippen molar-refractivity contribution in [2.45, 2.75) is 32.6 Å². The van der Waals surface area contributed by atoms with Crippen molar-refractivity contribution in [2.24, 2.45) is 22.9 Å². The first-order chi connectivity index (χ1) is 10.0. The molecule has 0 aromatic heterocycles. The van der Waals surface area contributed by atoms with Crippen molar-refractivity contribution in [3.8, 4) is 5.75 Å². The van der Waals surface area contributed by atoms with Gasteiger partial charge in [-0.15, -0.1) is 0 Å². The number of hydrogen-bond donors (Lipinski definition) is 2. The third kappa shape index (κ3) is 2.91. The normalized spacial score (nSPS) is 27.9. The number of rotatable bonds is 3. The lowest BCUT2D eigenvalue weighted by molar-refractivity contribution is 0.0952. The molecule has 3 unspecified atom stereocenters. The van der Waals surface area contributed by atoms with Crippen molar-refractivity contribution in [3.63, 3.8) is 0 Å². The number of hydrogen-bond acceptors (Lipinski definition) is 3. The van der Waals surface area contributed by atoms with Crippen LogP contribution >= 0.6 is 11.6 Å². The molecule has 2 bridgehead atoms. The van der Waals surface area contributed by atoms with E-state index < -0.39 is 5.91 Å². The summed E-state index contributed by atoms with van der Waals surface area (Å²) < 4.78 is 0. The van der Waals surface area contributed by atoms with Crippen molar-refractivity contribution in [2.75, 3.05) is 0 Å². The Morgan fingerprint density at radius 3 is 2.81 bits per heavy atom. The molecule has 3 rings (SSSR count). The average Bonchev–Trinajstić information content (AvgIpc) is 3.07. The quantitative estimate of drug-likeness (QED) is 0.662. The Morgan fingerprint density at radius 2 is 2.19 bits per heavy atom. The van der Waals surface area contributed by atoms with E-state index >= 15 is 0 Å². The predicted octanol–water partition coefficient (Wildman–Crippen LogP) is 3.59. The first-order valence-corrected chi connectivity index (χ1v) is 7.75. The average molecular weight is 307 g/mol. The fraction of sp³-hybridized carbons (Fsp3) is 0.500. The van der Waals surface area contributed by atoms with E-state index in [4.69, 9.17) is 11.6 Å². The minimum atomic E-state index is -0.410. The highest BCUT2D eigenvalue weighted by Crippen LogP contribution is 2.48. The lowest BCUT2D eigenvalue weighted by atomic mass is 9.86. The maximum Gasteiger partial charge on any atom is 0.275 e. The molecule has 21 heavy (non-hydrogen) atoms. The molecule has 0 heterocycles. The number of carbonyl (C=O) groups excluding carboxylic acids is 1. The SMILES string of the molecule is C/C(=N/NC(=O)c1ccc(Cl)cc1O)C1CC2CCC1C2. The highest BCUT2D eigenvalue weighted by molar-refractivity contribution is 6.30. The monoisotopic (exact) mass is 306 g/mol. The standard InChI is InChI=1S/C16H19ClN2O2/c1-9(14-7-10-2-3-11(14)6-10)18-19-16(21)13-5-4-12(17)8-15(13)20/h4-5,8,10-11,14,20H,2-3,6-7H2,1H3,(H,19,21)/b18-9-. The summed E-state index contributed by atoms with van der Waals surface area (Å²) in [6.45, 7) is 1.98. The number of amides is 1. The van der Waals surface area contributed by atoms with Gasteiger partial charge in [0, 0.05) is 16.7 Å². The first kappa shape index (κ1) is 14.4. The summed E-state index contributed by atoms with van der Waals surface area (Å²) in [4.78, 5) is 12.0. The van der Waals surface area contributed by atoms with Crippen LogP contribution in [0.15, 0.2) is 23.3 Å². The molecule has 2 aliphatic carbocycles. The molecular weight excluding hydrogens is 288 g/mol. The minimum absolute atomic E-state index is 0.132. The molecule has 4 nitrogen and oxygen atoms in total. The van der Waals surface area contributed by atoms with Crippen molar-refractivity contribution in [3.05, 3.63) is 28.8 Å². The number of phenolic OH excluding ortho intramolecular Hbond substituents is 1. The van der Waals surface area contributed by atoms with Gasteiger partial charge in [0.25, 0.3) is 5.91 Å². The van der Waals surface area contributed by atoms with Crippen LogP contribution < -0.4 is 5.43 Å². The van der Waals surface area contributed by atoms with E-state index in [2.05, 4.69) is 10.5 Å². The lowest BCUT2D eigenvalue weighted by Gasteiger charge is -2.21. The van der Waals surface area contributed by atoms with Gasteiger partial charge >= 0.3 is 0 Å². The Morgan fingerprint density at radius 1 is 1.38 bits per heavy atom. The van der Waals surface area contributed by atoms with Crippen molar-refractivity contribution in [1.82, 2.24) is 5.43 Å². The summed E-state index contributed by atoms with van der Waals surface area (Å²) in [5, 5.41) is 14.4. The van der Waals surface area contributed by atoms with Gasteiger partial charge in [-0.25, -0.2) is 5.43 Å². The third-order valence-electron chi connectivity index (χ3n) is 4.81. The number of nitrogens with one attached hydrogen (secondary N) is 1. The van der Waals surface area contributed by atoms with Crippen LogP contribution in [-0.4, -0.2) is 16.7 Å². The molecule has 2 aliphatic rings. The van der Waals surface area contributed by atoms with Crippen LogP contribution in [0.4, 0.5) is 0 Å². The van der Waals surface area contributed by atoms with Gasteiger partial charge in [0.2, 0.25) is 0 Å². The Kier molecular flexibility index (Phi) is 3.89. The van der Waals surface area contributed by atoms with Crippen molar-refractivity contribution in [1.29, 1.82) is 0 Å². The van der Waals surface area contributed by atoms with Crippen LogP contribution in [0.2, 0.25) is 5.02 Å². The van der Waals surface area contributed by atoms with Gasteiger partial charge in [-0.05, 0) is 56.2 Å². The molecule has 0 spiro atoms. The second-order valence-corrected chi connectivity index (χ2v) is 6.57. The van der Waals surface area contributed by atoms with Crippen LogP contribution in [0.3, 0.4) is 0 Å². The molecule has 2 saturated carbocycles. The predicted molar refractivity (Wildman–Crippen MR) is 82.6 cm³/mol. The topological polar surface area (TPSA) is 61.7 Å². The lowest BCUT2D eigenvalue weighted by Crippen LogP contribution is -2.24. The second-order valence-electron chi connectivity index (χ2n) is 6.14. The van der Waals surface area contributed by atoms with Gasteiger partial charge in [-0.1, -0.05) is 18.0 Å². The summed E-state index contributed by atoms with van der Waals surface area (Å²) in [5.74, 6) is 1.54. The van der Waals surface area contributed by atoms with E-state index in [-0.39, 0.29) is 11.3 Å². The maximum absolute atomic E-state index is 12.0. The molecule has 0 saturated heterocycles. The smallest absolute Gasteiger partial charge is 0.275 e. The molecule has 1 amide bonds. The number of nitrogens with zero attached hydrogens (tertiary/aromatic N) is 1. The zero-order valence-corrected chi connectivity index (χ0v) is 12.7. The van der Waals surface area contributed by atoms with Gasteiger partial charge in [0.1, 0.15) is 5.75 Å².